The summed E-state index contributed by atoms with van der Waals surface area (Å²) in [6.45, 7) is 1.89. The van der Waals surface area contributed by atoms with Crippen molar-refractivity contribution < 1.29 is 18.4 Å². The van der Waals surface area contributed by atoms with Crippen LogP contribution in [0.3, 0.4) is 0 Å². The highest BCUT2D eigenvalue weighted by Gasteiger charge is 2.17. The average Bonchev–Trinajstić information content (AvgIpc) is 2.59. The first-order valence-corrected chi connectivity index (χ1v) is 8.13. The lowest BCUT2D eigenvalue weighted by atomic mass is 10.2. The number of carbonyl (C=O) groups is 2. The second-order valence-electron chi connectivity index (χ2n) is 4.96. The maximum atomic E-state index is 12.5. The minimum atomic E-state index is -2.70. The molecule has 0 aliphatic carbocycles. The number of rotatable bonds is 6. The van der Waals surface area contributed by atoms with Crippen molar-refractivity contribution in [1.29, 1.82) is 0 Å². The molecule has 2 amide bonds. The molecule has 1 aromatic heterocycles. The van der Waals surface area contributed by atoms with Crippen molar-refractivity contribution in [2.75, 3.05) is 11.9 Å². The van der Waals surface area contributed by atoms with Crippen LogP contribution in [0.1, 0.15) is 15.9 Å². The number of aromatic nitrogens is 1. The quantitative estimate of drug-likeness (QED) is 0.541. The third-order valence-corrected chi connectivity index (χ3v) is 3.76. The van der Waals surface area contributed by atoms with Gasteiger partial charge in [0.25, 0.3) is 17.6 Å². The monoisotopic (exact) mass is 366 g/mol. The largest absolute Gasteiger partial charge is 0.376 e. The standard InChI is InChI=1S/C16H16F2N4O2S/c1-10-4-6-11(7-5-10)20-9-13(23)21-22-14(24)12-3-2-8-19-15(12)25-16(17)18/h2-8,16,20H,9H2,1H3,(H,21,23)(H,22,24). The Balaban J connectivity index is 1.85. The van der Waals surface area contributed by atoms with Gasteiger partial charge in [-0.15, -0.1) is 0 Å². The second kappa shape index (κ2) is 8.97. The van der Waals surface area contributed by atoms with Crippen molar-refractivity contribution >= 4 is 29.3 Å². The molecule has 132 valence electrons. The average molecular weight is 366 g/mol. The zero-order valence-corrected chi connectivity index (χ0v) is 14.1. The highest BCUT2D eigenvalue weighted by atomic mass is 32.2. The molecule has 0 saturated heterocycles. The molecule has 0 aliphatic rings. The molecule has 3 N–H and O–H groups in total. The second-order valence-corrected chi connectivity index (χ2v) is 5.94. The maximum absolute atomic E-state index is 12.5. The van der Waals surface area contributed by atoms with Crippen LogP contribution in [0, 0.1) is 6.92 Å². The number of nitrogens with one attached hydrogen (secondary N) is 3. The molecule has 0 unspecified atom stereocenters. The number of amides is 2. The number of nitrogens with zero attached hydrogens (tertiary/aromatic N) is 1. The summed E-state index contributed by atoms with van der Waals surface area (Å²) in [5.74, 6) is -3.91. The van der Waals surface area contributed by atoms with Gasteiger partial charge >= 0.3 is 0 Å². The molecular formula is C16H16F2N4O2S. The number of pyridine rings is 1. The van der Waals surface area contributed by atoms with Crippen LogP contribution in [0.25, 0.3) is 0 Å². The first-order chi connectivity index (χ1) is 12.0. The number of halogens is 2. The Kier molecular flexibility index (Phi) is 6.70. The van der Waals surface area contributed by atoms with Gasteiger partial charge in [0, 0.05) is 11.9 Å². The third-order valence-electron chi connectivity index (χ3n) is 3.04. The van der Waals surface area contributed by atoms with Crippen molar-refractivity contribution in [3.8, 4) is 0 Å². The van der Waals surface area contributed by atoms with Gasteiger partial charge in [-0.05, 0) is 43.0 Å². The summed E-state index contributed by atoms with van der Waals surface area (Å²) in [7, 11) is 0. The number of thioether (sulfide) groups is 1. The summed E-state index contributed by atoms with van der Waals surface area (Å²) in [6, 6.07) is 10.2. The number of carbonyl (C=O) groups excluding carboxylic acids is 2. The van der Waals surface area contributed by atoms with Gasteiger partial charge in [-0.2, -0.15) is 8.78 Å². The molecule has 2 rings (SSSR count). The van der Waals surface area contributed by atoms with Gasteiger partial charge in [0.1, 0.15) is 5.03 Å². The fraction of sp³-hybridized carbons (Fsp3) is 0.188. The number of hydrogen-bond acceptors (Lipinski definition) is 5. The molecule has 9 heteroatoms. The van der Waals surface area contributed by atoms with E-state index >= 15 is 0 Å². The molecule has 25 heavy (non-hydrogen) atoms. The lowest BCUT2D eigenvalue weighted by molar-refractivity contribution is -0.120. The van der Waals surface area contributed by atoms with E-state index < -0.39 is 17.6 Å². The lowest BCUT2D eigenvalue weighted by Crippen LogP contribution is -2.44. The molecule has 0 atom stereocenters. The van der Waals surface area contributed by atoms with E-state index in [1.165, 1.54) is 18.3 Å². The van der Waals surface area contributed by atoms with Gasteiger partial charge in [0.15, 0.2) is 0 Å². The first-order valence-electron chi connectivity index (χ1n) is 7.25. The molecule has 0 radical (unpaired) electrons. The number of aryl methyl sites for hydroxylation is 1. The van der Waals surface area contributed by atoms with Crippen LogP contribution in [0.4, 0.5) is 14.5 Å². The Labute approximate surface area is 147 Å². The molecule has 0 fully saturated rings. The van der Waals surface area contributed by atoms with Crippen LogP contribution in [0.15, 0.2) is 47.6 Å². The molecular weight excluding hydrogens is 350 g/mol. The van der Waals surface area contributed by atoms with E-state index in [2.05, 4.69) is 21.2 Å². The van der Waals surface area contributed by atoms with E-state index in [1.54, 1.807) is 0 Å². The predicted molar refractivity (Wildman–Crippen MR) is 91.4 cm³/mol. The van der Waals surface area contributed by atoms with Gasteiger partial charge in [0.2, 0.25) is 0 Å². The number of benzene rings is 1. The van der Waals surface area contributed by atoms with E-state index in [9.17, 15) is 18.4 Å². The van der Waals surface area contributed by atoms with Crippen molar-refractivity contribution in [1.82, 2.24) is 15.8 Å². The summed E-state index contributed by atoms with van der Waals surface area (Å²) in [6.07, 6.45) is 1.31. The van der Waals surface area contributed by atoms with Crippen LogP contribution >= 0.6 is 11.8 Å². The van der Waals surface area contributed by atoms with Crippen LogP contribution in [-0.4, -0.2) is 29.1 Å². The molecule has 1 heterocycles. The molecule has 0 bridgehead atoms. The molecule has 2 aromatic rings. The Morgan fingerprint density at radius 2 is 1.88 bits per heavy atom. The Bertz CT molecular complexity index is 741. The predicted octanol–water partition coefficient (Wildman–Crippen LogP) is 2.58. The minimum absolute atomic E-state index is 0.0420. The smallest absolute Gasteiger partial charge is 0.290 e. The Morgan fingerprint density at radius 3 is 2.56 bits per heavy atom. The van der Waals surface area contributed by atoms with Crippen LogP contribution in [0.2, 0.25) is 0 Å². The normalized spacial score (nSPS) is 10.4. The summed E-state index contributed by atoms with van der Waals surface area (Å²) < 4.78 is 25.0. The topological polar surface area (TPSA) is 83.1 Å². The van der Waals surface area contributed by atoms with Gasteiger partial charge in [-0.3, -0.25) is 20.4 Å². The van der Waals surface area contributed by atoms with Crippen molar-refractivity contribution in [2.45, 2.75) is 17.7 Å². The molecule has 0 spiro atoms. The number of hydrogen-bond donors (Lipinski definition) is 3. The van der Waals surface area contributed by atoms with E-state index in [-0.39, 0.29) is 28.9 Å². The number of hydrazine groups is 1. The number of anilines is 1. The molecule has 6 nitrogen and oxygen atoms in total. The van der Waals surface area contributed by atoms with E-state index in [0.717, 1.165) is 11.3 Å². The van der Waals surface area contributed by atoms with Gasteiger partial charge in [0.05, 0.1) is 12.1 Å². The van der Waals surface area contributed by atoms with Gasteiger partial charge in [-0.25, -0.2) is 4.98 Å². The lowest BCUT2D eigenvalue weighted by Gasteiger charge is -2.11. The highest BCUT2D eigenvalue weighted by Crippen LogP contribution is 2.26. The summed E-state index contributed by atoms with van der Waals surface area (Å²) >= 11 is 0.166. The summed E-state index contributed by atoms with van der Waals surface area (Å²) in [5.41, 5.74) is 6.21. The summed E-state index contributed by atoms with van der Waals surface area (Å²) in [5, 5.41) is 2.78. The van der Waals surface area contributed by atoms with Crippen LogP contribution in [-0.2, 0) is 4.79 Å². The maximum Gasteiger partial charge on any atom is 0.290 e. The highest BCUT2D eigenvalue weighted by molar-refractivity contribution is 7.99. The zero-order valence-electron chi connectivity index (χ0n) is 13.3. The van der Waals surface area contributed by atoms with Crippen molar-refractivity contribution in [3.05, 3.63) is 53.7 Å². The van der Waals surface area contributed by atoms with E-state index in [0.29, 0.717) is 0 Å². The Morgan fingerprint density at radius 1 is 1.16 bits per heavy atom. The van der Waals surface area contributed by atoms with Crippen molar-refractivity contribution in [2.24, 2.45) is 0 Å². The fourth-order valence-electron chi connectivity index (χ4n) is 1.83. The minimum Gasteiger partial charge on any atom is -0.376 e. The zero-order chi connectivity index (χ0) is 18.2. The van der Waals surface area contributed by atoms with Gasteiger partial charge in [-0.1, -0.05) is 17.7 Å². The number of alkyl halides is 2. The van der Waals surface area contributed by atoms with Crippen LogP contribution in [0.5, 0.6) is 0 Å². The molecule has 0 aliphatic heterocycles. The van der Waals surface area contributed by atoms with Crippen molar-refractivity contribution in [3.63, 3.8) is 0 Å². The molecule has 0 saturated carbocycles. The summed E-state index contributed by atoms with van der Waals surface area (Å²) in [4.78, 5) is 27.5. The SMILES string of the molecule is Cc1ccc(NCC(=O)NNC(=O)c2cccnc2SC(F)F)cc1. The van der Waals surface area contributed by atoms with E-state index in [1.807, 2.05) is 31.2 Å². The Hall–Kier alpha value is -2.68. The van der Waals surface area contributed by atoms with Gasteiger partial charge < -0.3 is 5.32 Å². The van der Waals surface area contributed by atoms with E-state index in [4.69, 9.17) is 0 Å². The third kappa shape index (κ3) is 6.03. The fourth-order valence-corrected chi connectivity index (χ4v) is 2.41. The van der Waals surface area contributed by atoms with Crippen LogP contribution < -0.4 is 16.2 Å². The molecule has 1 aromatic carbocycles. The first kappa shape index (κ1) is 18.7.